The summed E-state index contributed by atoms with van der Waals surface area (Å²) in [6, 6.07) is 4.68. The van der Waals surface area contributed by atoms with Crippen LogP contribution in [0.3, 0.4) is 0 Å². The van der Waals surface area contributed by atoms with Crippen LogP contribution >= 0.6 is 0 Å². The summed E-state index contributed by atoms with van der Waals surface area (Å²) in [5.74, 6) is -7.22. The van der Waals surface area contributed by atoms with E-state index in [4.69, 9.17) is 22.0 Å². The SMILES string of the molecule is Cc1ccc(C(=O)NCCCCC(NC(=O)CCC(CC(=O)C(CCS(=O)(=O)O)NC(=O)CCCCCCCCCCCCCCCCCCC(=O)O)C(=O)O)C(N)=O)cc1.OF.[3H]C. The molecule has 1 aromatic carbocycles. The zero-order valence-electron chi connectivity index (χ0n) is 39.0. The highest BCUT2D eigenvalue weighted by Gasteiger charge is 2.29. The molecule has 0 saturated heterocycles. The number of nitrogens with two attached hydrogens (primary N) is 1. The minimum Gasteiger partial charge on any atom is -0.481 e. The third-order valence-electron chi connectivity index (χ3n) is 10.6. The Hall–Kier alpha value is -4.49. The second-order valence-electron chi connectivity index (χ2n) is 16.1. The number of carboxylic acid groups (broad SMARTS) is 2. The number of hydrogen-bond acceptors (Lipinski definition) is 10. The molecule has 0 aliphatic rings. The first kappa shape index (κ1) is 59.5. The van der Waals surface area contributed by atoms with E-state index in [-0.39, 0.29) is 38.0 Å². The van der Waals surface area contributed by atoms with Crippen molar-refractivity contribution in [3.63, 3.8) is 0 Å². The van der Waals surface area contributed by atoms with Crippen LogP contribution in [-0.4, -0.2) is 94.2 Å². The normalized spacial score (nSPS) is 12.4. The molecule has 0 aromatic heterocycles. The van der Waals surface area contributed by atoms with Gasteiger partial charge in [0.05, 0.1) is 17.7 Å². The Balaban J connectivity index is 0. The Morgan fingerprint density at radius 1 is 0.656 bits per heavy atom. The molecule has 0 radical (unpaired) electrons. The summed E-state index contributed by atoms with van der Waals surface area (Å²) >= 11 is 0. The van der Waals surface area contributed by atoms with E-state index in [1.165, 1.54) is 45.9 Å². The first-order chi connectivity index (χ1) is 31.0. The maximum Gasteiger partial charge on any atom is 0.306 e. The molecule has 64 heavy (non-hydrogen) atoms. The van der Waals surface area contributed by atoms with Crippen molar-refractivity contribution in [3.8, 4) is 0 Å². The van der Waals surface area contributed by atoms with E-state index in [0.717, 1.165) is 63.4 Å². The second kappa shape index (κ2) is 37.8. The van der Waals surface area contributed by atoms with Gasteiger partial charge in [0.1, 0.15) is 6.04 Å². The van der Waals surface area contributed by atoms with Gasteiger partial charge < -0.3 is 31.9 Å². The fourth-order valence-corrected chi connectivity index (χ4v) is 7.45. The Bertz CT molecular complexity index is 1620. The summed E-state index contributed by atoms with van der Waals surface area (Å²) in [5.41, 5.74) is 7.01. The summed E-state index contributed by atoms with van der Waals surface area (Å²) in [6.07, 6.45) is 16.6. The van der Waals surface area contributed by atoms with Gasteiger partial charge in [-0.05, 0) is 64.0 Å². The number of aryl methyl sites for hydroxylation is 1. The van der Waals surface area contributed by atoms with Crippen molar-refractivity contribution in [3.05, 3.63) is 35.4 Å². The molecule has 9 N–H and O–H groups in total. The summed E-state index contributed by atoms with van der Waals surface area (Å²) < 4.78 is 46.5. The Kier molecular flexibility index (Phi) is 35.2. The number of nitrogens with one attached hydrogen (secondary N) is 3. The van der Waals surface area contributed by atoms with E-state index >= 15 is 0 Å². The van der Waals surface area contributed by atoms with Crippen molar-refractivity contribution in [2.24, 2.45) is 11.7 Å². The first-order valence-corrected chi connectivity index (χ1v) is 23.9. The van der Waals surface area contributed by atoms with Gasteiger partial charge in [-0.15, -0.1) is 0 Å². The zero-order valence-corrected chi connectivity index (χ0v) is 38.8. The molecule has 0 spiro atoms. The lowest BCUT2D eigenvalue weighted by Crippen LogP contribution is -2.45. The second-order valence-corrected chi connectivity index (χ2v) is 17.7. The molecule has 19 heteroatoms. The van der Waals surface area contributed by atoms with E-state index in [0.29, 0.717) is 31.4 Å². The Labute approximate surface area is 380 Å². The molecule has 1 rings (SSSR count). The summed E-state index contributed by atoms with van der Waals surface area (Å²) in [4.78, 5) is 85.6. The molecule has 1 aromatic rings. The first-order valence-electron chi connectivity index (χ1n) is 23.3. The average molecular weight is 935 g/mol. The van der Waals surface area contributed by atoms with Gasteiger partial charge in [0.15, 0.2) is 5.78 Å². The number of carbonyl (C=O) groups excluding carboxylic acids is 5. The third kappa shape index (κ3) is 34.0. The lowest BCUT2D eigenvalue weighted by Gasteiger charge is -2.20. The molecule has 3 unspecified atom stereocenters. The number of hydrogen-bond donors (Lipinski definition) is 8. The largest absolute Gasteiger partial charge is 0.481 e. The third-order valence-corrected chi connectivity index (χ3v) is 11.4. The number of rotatable bonds is 38. The van der Waals surface area contributed by atoms with Crippen molar-refractivity contribution in [1.29, 1.82) is 0 Å². The van der Waals surface area contributed by atoms with Crippen LogP contribution in [0, 0.1) is 12.8 Å². The van der Waals surface area contributed by atoms with E-state index in [9.17, 15) is 51.6 Å². The topological polar surface area (TPSA) is 297 Å². The molecular formula is C45H77FN4O13S. The van der Waals surface area contributed by atoms with E-state index < -0.39 is 82.2 Å². The van der Waals surface area contributed by atoms with Crippen LogP contribution in [0.4, 0.5) is 4.53 Å². The maximum atomic E-state index is 13.2. The maximum absolute atomic E-state index is 13.2. The number of amides is 4. The number of carbonyl (C=O) groups is 7. The quantitative estimate of drug-likeness (QED) is 0.0254. The predicted octanol–water partition coefficient (Wildman–Crippen LogP) is 6.67. The fourth-order valence-electron chi connectivity index (χ4n) is 6.92. The van der Waals surface area contributed by atoms with Gasteiger partial charge in [0, 0.05) is 39.2 Å². The highest BCUT2D eigenvalue weighted by atomic mass is 32.2. The van der Waals surface area contributed by atoms with Crippen LogP contribution in [0.1, 0.15) is 185 Å². The standard InChI is InChI=1S/C44H72N4O12S.CH4.FHO/c1-33-23-25-34(26-24-33)43(55)46-30-19-18-20-37(42(45)54)48-40(51)28-27-35(44(56)57)32-38(49)36(29-31-61(58,59)60)47-39(50)21-16-14-12-10-8-6-4-2-3-5-7-9-11-13-15-17-22-41(52)53;;1-2/h23-26,35-37H,2-22,27-32H2,1H3,(H2,45,54)(H,46,55)(H,47,50)(H,48,51)(H,52,53)(H,56,57)(H,58,59,60);1H4;2H/i;1T;. The number of unbranched alkanes of at least 4 members (excludes halogenated alkanes) is 16. The molecule has 4 amide bonds. The van der Waals surface area contributed by atoms with E-state index in [2.05, 4.69) is 16.0 Å². The van der Waals surface area contributed by atoms with Gasteiger partial charge in [0.25, 0.3) is 16.0 Å². The minimum atomic E-state index is -4.49. The number of carboxylic acids is 2. The van der Waals surface area contributed by atoms with Gasteiger partial charge in [-0.1, -0.05) is 120 Å². The van der Waals surface area contributed by atoms with Crippen LogP contribution in [0.5, 0.6) is 0 Å². The fraction of sp³-hybridized carbons (Fsp3) is 0.711. The molecular weight excluding hydrogens is 856 g/mol. The van der Waals surface area contributed by atoms with Gasteiger partial charge in [0.2, 0.25) is 17.7 Å². The van der Waals surface area contributed by atoms with Crippen LogP contribution in [0.2, 0.25) is 0 Å². The number of halogens is 1. The molecule has 0 saturated carbocycles. The smallest absolute Gasteiger partial charge is 0.306 e. The lowest BCUT2D eigenvalue weighted by atomic mass is 9.93. The lowest BCUT2D eigenvalue weighted by molar-refractivity contribution is -0.144. The van der Waals surface area contributed by atoms with Crippen LogP contribution in [-0.2, 0) is 38.9 Å². The minimum absolute atomic E-state index is 0.0869. The number of ketones is 1. The molecule has 3 atom stereocenters. The molecule has 0 heterocycles. The highest BCUT2D eigenvalue weighted by Crippen LogP contribution is 2.17. The molecule has 0 aliphatic heterocycles. The van der Waals surface area contributed by atoms with E-state index in [1.807, 2.05) is 19.1 Å². The van der Waals surface area contributed by atoms with Crippen molar-refractivity contribution in [1.82, 2.24) is 16.0 Å². The van der Waals surface area contributed by atoms with Crippen molar-refractivity contribution in [2.45, 2.75) is 187 Å². The molecule has 0 bridgehead atoms. The summed E-state index contributed by atoms with van der Waals surface area (Å²) in [6.45, 7) is 2.24. The molecule has 17 nitrogen and oxygen atoms in total. The van der Waals surface area contributed by atoms with Gasteiger partial charge in [-0.25, -0.2) is 5.31 Å². The van der Waals surface area contributed by atoms with Crippen LogP contribution in [0.15, 0.2) is 24.3 Å². The summed E-state index contributed by atoms with van der Waals surface area (Å²) in [7, 11) is -3.24. The number of benzene rings is 1. The molecule has 0 fully saturated rings. The molecule has 0 aliphatic carbocycles. The van der Waals surface area contributed by atoms with Crippen LogP contribution in [0.25, 0.3) is 0 Å². The highest BCUT2D eigenvalue weighted by molar-refractivity contribution is 7.85. The van der Waals surface area contributed by atoms with Gasteiger partial charge in [-0.3, -0.25) is 38.1 Å². The number of Topliss-reactive ketones (excluding diaryl/α,β-unsaturated/α-hetero) is 1. The van der Waals surface area contributed by atoms with Crippen molar-refractivity contribution < 1.29 is 68.0 Å². The van der Waals surface area contributed by atoms with Crippen molar-refractivity contribution in [2.75, 3.05) is 12.3 Å². The number of primary amides is 1. The number of aliphatic carboxylic acids is 2. The monoisotopic (exact) mass is 935 g/mol. The Morgan fingerprint density at radius 3 is 1.56 bits per heavy atom. The van der Waals surface area contributed by atoms with E-state index in [1.54, 1.807) is 12.1 Å². The predicted molar refractivity (Wildman–Crippen MR) is 242 cm³/mol. The van der Waals surface area contributed by atoms with Crippen molar-refractivity contribution >= 4 is 51.5 Å². The zero-order chi connectivity index (χ0) is 49.5. The van der Waals surface area contributed by atoms with Gasteiger partial charge >= 0.3 is 11.9 Å². The average Bonchev–Trinajstić information content (AvgIpc) is 3.26. The molecule has 368 valence electrons. The van der Waals surface area contributed by atoms with Crippen LogP contribution < -0.4 is 21.7 Å². The summed E-state index contributed by atoms with van der Waals surface area (Å²) in [5, 5.41) is 31.8. The van der Waals surface area contributed by atoms with Gasteiger partial charge in [-0.2, -0.15) is 8.42 Å². The Morgan fingerprint density at radius 2 is 1.11 bits per heavy atom.